The van der Waals surface area contributed by atoms with E-state index < -0.39 is 22.2 Å². The van der Waals surface area contributed by atoms with Gasteiger partial charge in [0.25, 0.3) is 5.95 Å². The Kier molecular flexibility index (Phi) is 9.52. The van der Waals surface area contributed by atoms with Gasteiger partial charge in [0.1, 0.15) is 5.52 Å². The van der Waals surface area contributed by atoms with E-state index in [1.165, 1.54) is 6.08 Å². The number of carbonyl (C=O) groups excluding carboxylic acids is 1. The average molecular weight is 642 g/mol. The molecule has 39 heavy (non-hydrogen) atoms. The van der Waals surface area contributed by atoms with Crippen LogP contribution in [0.1, 0.15) is 54.4 Å². The van der Waals surface area contributed by atoms with Gasteiger partial charge in [-0.25, -0.2) is 4.68 Å². The van der Waals surface area contributed by atoms with Crippen LogP contribution in [0.5, 0.6) is 0 Å². The van der Waals surface area contributed by atoms with Crippen molar-refractivity contribution in [3.8, 4) is 0 Å². The normalized spacial score (nSPS) is 16.1. The first-order chi connectivity index (χ1) is 18.6. The van der Waals surface area contributed by atoms with Gasteiger partial charge in [-0.05, 0) is 61.1 Å². The smallest absolute Gasteiger partial charge is 0.388 e. The Balaban J connectivity index is 1.72. The average Bonchev–Trinajstić information content (AvgIpc) is 3.30. The van der Waals surface area contributed by atoms with Gasteiger partial charge in [-0.1, -0.05) is 50.9 Å². The third-order valence-corrected chi connectivity index (χ3v) is 8.80. The number of hydrogen-bond donors (Lipinski definition) is 1. The Hall–Kier alpha value is -2.67. The topological polar surface area (TPSA) is 124 Å². The number of esters is 1. The highest BCUT2D eigenvalue weighted by molar-refractivity contribution is 9.09. The van der Waals surface area contributed by atoms with Gasteiger partial charge in [-0.2, -0.15) is 12.7 Å². The fourth-order valence-corrected chi connectivity index (χ4v) is 6.12. The Morgan fingerprint density at radius 2 is 2.08 bits per heavy atom. The van der Waals surface area contributed by atoms with E-state index >= 15 is 0 Å². The van der Waals surface area contributed by atoms with Crippen LogP contribution in [0, 0.1) is 6.92 Å². The molecule has 0 saturated heterocycles. The van der Waals surface area contributed by atoms with Gasteiger partial charge in [0.05, 0.1) is 18.5 Å². The molecule has 1 atom stereocenters. The van der Waals surface area contributed by atoms with Crippen LogP contribution in [-0.4, -0.2) is 57.3 Å². The maximum absolute atomic E-state index is 12.7. The number of fused-ring (bicyclic) bond motifs is 1. The Morgan fingerprint density at radius 3 is 2.79 bits per heavy atom. The van der Waals surface area contributed by atoms with E-state index in [4.69, 9.17) is 16.3 Å². The van der Waals surface area contributed by atoms with Crippen LogP contribution in [0.3, 0.4) is 0 Å². The summed E-state index contributed by atoms with van der Waals surface area (Å²) in [6, 6.07) is 9.25. The van der Waals surface area contributed by atoms with E-state index in [2.05, 4.69) is 30.4 Å². The number of rotatable bonds is 11. The van der Waals surface area contributed by atoms with Crippen LogP contribution >= 0.6 is 27.5 Å². The number of aryl methyl sites for hydroxylation is 2. The zero-order chi connectivity index (χ0) is 28.2. The minimum atomic E-state index is -4.17. The predicted octanol–water partition coefficient (Wildman–Crippen LogP) is 5.13. The van der Waals surface area contributed by atoms with Crippen molar-refractivity contribution in [2.24, 2.45) is 0 Å². The van der Waals surface area contributed by atoms with Gasteiger partial charge >= 0.3 is 16.3 Å². The number of carbonyl (C=O) groups is 1. The van der Waals surface area contributed by atoms with Gasteiger partial charge < -0.3 is 14.0 Å². The van der Waals surface area contributed by atoms with Gasteiger partial charge in [0.2, 0.25) is 0 Å². The number of aliphatic hydroxyl groups is 1. The van der Waals surface area contributed by atoms with Crippen LogP contribution in [-0.2, 0) is 37.1 Å². The van der Waals surface area contributed by atoms with Crippen molar-refractivity contribution < 1.29 is 27.2 Å². The molecule has 2 heterocycles. The Bertz CT molecular complexity index is 1490. The van der Waals surface area contributed by atoms with Crippen molar-refractivity contribution in [3.05, 3.63) is 69.6 Å². The lowest BCUT2D eigenvalue weighted by Crippen LogP contribution is -2.35. The SMILES string of the molecule is CCOC(=O)CC(c1ccc(Cl)c(CN2CC=C(O)OS2(=O)=O)c1)c1ccc2c(nnn2CCCCBr)c1C. The van der Waals surface area contributed by atoms with E-state index in [-0.39, 0.29) is 32.1 Å². The zero-order valence-electron chi connectivity index (χ0n) is 21.6. The maximum atomic E-state index is 12.7. The van der Waals surface area contributed by atoms with E-state index in [0.717, 1.165) is 56.7 Å². The molecule has 3 aromatic rings. The Morgan fingerprint density at radius 1 is 1.28 bits per heavy atom. The van der Waals surface area contributed by atoms with E-state index in [1.54, 1.807) is 19.1 Å². The molecule has 10 nitrogen and oxygen atoms in total. The Labute approximate surface area is 240 Å². The van der Waals surface area contributed by atoms with Crippen LogP contribution < -0.4 is 0 Å². The molecule has 1 aliphatic rings. The van der Waals surface area contributed by atoms with E-state index in [1.807, 2.05) is 29.8 Å². The first-order valence-electron chi connectivity index (χ1n) is 12.6. The van der Waals surface area contributed by atoms with Crippen molar-refractivity contribution >= 4 is 54.8 Å². The number of nitrogens with zero attached hydrogens (tertiary/aromatic N) is 4. The summed E-state index contributed by atoms with van der Waals surface area (Å²) in [5.74, 6) is -1.42. The summed E-state index contributed by atoms with van der Waals surface area (Å²) in [6.45, 7) is 4.58. The number of aliphatic hydroxyl groups excluding tert-OH is 1. The summed E-state index contributed by atoms with van der Waals surface area (Å²) in [5, 5.41) is 19.5. The van der Waals surface area contributed by atoms with Crippen LogP contribution in [0.2, 0.25) is 5.02 Å². The minimum Gasteiger partial charge on any atom is -0.480 e. The second-order valence-corrected chi connectivity index (χ2v) is 11.9. The molecule has 0 amide bonds. The van der Waals surface area contributed by atoms with Crippen molar-refractivity contribution in [1.29, 1.82) is 0 Å². The molecule has 13 heteroatoms. The summed E-state index contributed by atoms with van der Waals surface area (Å²) in [7, 11) is -4.17. The molecular weight excluding hydrogens is 612 g/mol. The van der Waals surface area contributed by atoms with Crippen molar-refractivity contribution in [1.82, 2.24) is 19.3 Å². The predicted molar refractivity (Wildman–Crippen MR) is 151 cm³/mol. The van der Waals surface area contributed by atoms with Crippen LogP contribution in [0.25, 0.3) is 11.0 Å². The molecule has 1 N–H and O–H groups in total. The van der Waals surface area contributed by atoms with Crippen molar-refractivity contribution in [3.63, 3.8) is 0 Å². The summed E-state index contributed by atoms with van der Waals surface area (Å²) in [5.41, 5.74) is 4.77. The molecule has 1 aromatic heterocycles. The molecule has 210 valence electrons. The number of hydrogen-bond acceptors (Lipinski definition) is 8. The molecule has 1 unspecified atom stereocenters. The number of alkyl halides is 1. The number of aromatic nitrogens is 3. The highest BCUT2D eigenvalue weighted by atomic mass is 79.9. The van der Waals surface area contributed by atoms with Crippen molar-refractivity contribution in [2.75, 3.05) is 18.5 Å². The second kappa shape index (κ2) is 12.7. The number of benzene rings is 2. The number of unbranched alkanes of at least 4 members (excludes halogenated alkanes) is 1. The maximum Gasteiger partial charge on any atom is 0.388 e. The molecule has 0 spiro atoms. The van der Waals surface area contributed by atoms with E-state index in [9.17, 15) is 18.3 Å². The van der Waals surface area contributed by atoms with Gasteiger partial charge in [-0.3, -0.25) is 4.79 Å². The highest BCUT2D eigenvalue weighted by Crippen LogP contribution is 2.36. The fraction of sp³-hybridized carbons (Fsp3) is 0.423. The van der Waals surface area contributed by atoms with Crippen LogP contribution in [0.4, 0.5) is 0 Å². The molecule has 2 aromatic carbocycles. The summed E-state index contributed by atoms with van der Waals surface area (Å²) < 4.78 is 37.6. The zero-order valence-corrected chi connectivity index (χ0v) is 24.8. The van der Waals surface area contributed by atoms with E-state index in [0.29, 0.717) is 10.6 Å². The summed E-state index contributed by atoms with van der Waals surface area (Å²) in [6.07, 6.45) is 3.33. The monoisotopic (exact) mass is 640 g/mol. The molecular formula is C26H30BrClN4O6S. The fourth-order valence-electron chi connectivity index (χ4n) is 4.61. The number of halogens is 2. The molecule has 0 aliphatic carbocycles. The summed E-state index contributed by atoms with van der Waals surface area (Å²) in [4.78, 5) is 12.7. The number of ether oxygens (including phenoxy) is 1. The first-order valence-corrected chi connectivity index (χ1v) is 15.4. The van der Waals surface area contributed by atoms with Gasteiger partial charge in [0.15, 0.2) is 0 Å². The first kappa shape index (κ1) is 29.3. The molecule has 0 bridgehead atoms. The highest BCUT2D eigenvalue weighted by Gasteiger charge is 2.30. The largest absolute Gasteiger partial charge is 0.480 e. The lowest BCUT2D eigenvalue weighted by Gasteiger charge is -2.25. The third kappa shape index (κ3) is 6.74. The van der Waals surface area contributed by atoms with Gasteiger partial charge in [-0.15, -0.1) is 5.10 Å². The molecule has 4 rings (SSSR count). The lowest BCUT2D eigenvalue weighted by molar-refractivity contribution is -0.143. The molecule has 0 saturated carbocycles. The second-order valence-electron chi connectivity index (χ2n) is 9.14. The molecule has 1 aliphatic heterocycles. The van der Waals surface area contributed by atoms with Gasteiger partial charge in [0, 0.05) is 42.0 Å². The van der Waals surface area contributed by atoms with Crippen LogP contribution in [0.15, 0.2) is 42.4 Å². The standard InChI is InChI=1S/C26H30BrClN4O6S/c1-3-37-25(34)15-21(20-7-9-23-26(17(20)2)29-30-32(23)12-5-4-11-27)18-6-8-22(28)19(14-18)16-31-13-10-24(33)38-39(31,35)36/h6-10,14,21,33H,3-5,11-13,15-16H2,1-2H3. The third-order valence-electron chi connectivity index (χ3n) is 6.58. The van der Waals surface area contributed by atoms with Crippen molar-refractivity contribution in [2.45, 2.75) is 52.1 Å². The summed E-state index contributed by atoms with van der Waals surface area (Å²) >= 11 is 9.92. The molecule has 0 radical (unpaired) electrons. The minimum absolute atomic E-state index is 0.0674. The quantitative estimate of drug-likeness (QED) is 0.174. The lowest BCUT2D eigenvalue weighted by atomic mass is 9.85. The molecule has 0 fully saturated rings.